The van der Waals surface area contributed by atoms with Gasteiger partial charge in [0.2, 0.25) is 5.91 Å². The molecule has 0 fully saturated rings. The molecule has 0 saturated heterocycles. The van der Waals surface area contributed by atoms with Crippen molar-refractivity contribution >= 4 is 17.7 Å². The van der Waals surface area contributed by atoms with Gasteiger partial charge in [0, 0.05) is 19.2 Å². The molecule has 0 heterocycles. The monoisotopic (exact) mass is 328 g/mol. The fourth-order valence-corrected chi connectivity index (χ4v) is 2.23. The first kappa shape index (κ1) is 17.3. The Labute approximate surface area is 139 Å². The summed E-state index contributed by atoms with van der Waals surface area (Å²) in [6, 6.07) is 11.9. The second-order valence-corrected chi connectivity index (χ2v) is 5.33. The van der Waals surface area contributed by atoms with Gasteiger partial charge in [0.1, 0.15) is 5.82 Å². The van der Waals surface area contributed by atoms with Gasteiger partial charge in [-0.2, -0.15) is 0 Å². The number of nitrogens with zero attached hydrogens (tertiary/aromatic N) is 2. The lowest BCUT2D eigenvalue weighted by molar-refractivity contribution is -0.385. The summed E-state index contributed by atoms with van der Waals surface area (Å²) in [4.78, 5) is 24.2. The minimum absolute atomic E-state index is 0.0595. The van der Waals surface area contributed by atoms with Gasteiger partial charge in [-0.25, -0.2) is 4.39 Å². The van der Waals surface area contributed by atoms with Crippen molar-refractivity contribution < 1.29 is 14.1 Å². The summed E-state index contributed by atoms with van der Waals surface area (Å²) in [6.45, 7) is 1.82. The molecule has 0 N–H and O–H groups in total. The third-order valence-corrected chi connectivity index (χ3v) is 3.82. The van der Waals surface area contributed by atoms with E-state index in [-0.39, 0.29) is 23.5 Å². The van der Waals surface area contributed by atoms with Crippen molar-refractivity contribution in [2.75, 3.05) is 7.05 Å². The lowest BCUT2D eigenvalue weighted by Crippen LogP contribution is -2.27. The molecule has 0 spiro atoms. The van der Waals surface area contributed by atoms with Crippen molar-refractivity contribution in [2.45, 2.75) is 13.0 Å². The summed E-state index contributed by atoms with van der Waals surface area (Å²) in [7, 11) is 1.63. The molecule has 6 heteroatoms. The Morgan fingerprint density at radius 3 is 2.46 bits per heavy atom. The third kappa shape index (κ3) is 4.04. The predicted octanol–water partition coefficient (Wildman–Crippen LogP) is 3.97. The van der Waals surface area contributed by atoms with E-state index in [2.05, 4.69) is 0 Å². The Bertz CT molecular complexity index is 772. The van der Waals surface area contributed by atoms with E-state index in [0.29, 0.717) is 5.56 Å². The molecule has 1 amide bonds. The van der Waals surface area contributed by atoms with Crippen LogP contribution in [0.25, 0.3) is 6.08 Å². The van der Waals surface area contributed by atoms with Crippen LogP contribution in [-0.2, 0) is 4.79 Å². The average Bonchev–Trinajstić information content (AvgIpc) is 2.59. The summed E-state index contributed by atoms with van der Waals surface area (Å²) >= 11 is 0. The van der Waals surface area contributed by atoms with Crippen molar-refractivity contribution in [1.82, 2.24) is 4.90 Å². The van der Waals surface area contributed by atoms with Gasteiger partial charge in [0.15, 0.2) is 0 Å². The number of nitro groups is 1. The summed E-state index contributed by atoms with van der Waals surface area (Å²) in [5.41, 5.74) is 1.10. The number of halogens is 1. The van der Waals surface area contributed by atoms with E-state index in [9.17, 15) is 19.3 Å². The molecule has 0 aliphatic heterocycles. The van der Waals surface area contributed by atoms with Crippen molar-refractivity contribution in [2.24, 2.45) is 0 Å². The number of likely N-dealkylation sites (N-methyl/N-ethyl adjacent to an activating group) is 1. The van der Waals surface area contributed by atoms with E-state index >= 15 is 0 Å². The smallest absolute Gasteiger partial charge is 0.276 e. The average molecular weight is 328 g/mol. The quantitative estimate of drug-likeness (QED) is 0.474. The molecule has 2 aromatic rings. The van der Waals surface area contributed by atoms with Gasteiger partial charge in [-0.3, -0.25) is 14.9 Å². The molecule has 1 atom stereocenters. The number of nitro benzene ring substituents is 1. The van der Waals surface area contributed by atoms with Gasteiger partial charge in [-0.1, -0.05) is 24.3 Å². The van der Waals surface area contributed by atoms with Crippen LogP contribution in [0.1, 0.15) is 24.1 Å². The molecule has 24 heavy (non-hydrogen) atoms. The van der Waals surface area contributed by atoms with Crippen LogP contribution in [0.5, 0.6) is 0 Å². The van der Waals surface area contributed by atoms with Crippen LogP contribution in [0.4, 0.5) is 10.1 Å². The van der Waals surface area contributed by atoms with Gasteiger partial charge < -0.3 is 4.90 Å². The molecule has 124 valence electrons. The van der Waals surface area contributed by atoms with Crippen LogP contribution in [0.2, 0.25) is 0 Å². The number of carbonyl (C=O) groups excluding carboxylic acids is 1. The van der Waals surface area contributed by atoms with Crippen molar-refractivity contribution in [3.63, 3.8) is 0 Å². The van der Waals surface area contributed by atoms with Gasteiger partial charge in [0.05, 0.1) is 16.5 Å². The number of benzene rings is 2. The molecule has 5 nitrogen and oxygen atoms in total. The van der Waals surface area contributed by atoms with Crippen molar-refractivity contribution in [1.29, 1.82) is 0 Å². The molecule has 2 rings (SSSR count). The molecule has 0 radical (unpaired) electrons. The number of carbonyl (C=O) groups is 1. The SMILES string of the molecule is CC(c1ccc(F)cc1)N(C)C(=O)/C=C/c1ccccc1[N+](=O)[O-]. The first-order valence-electron chi connectivity index (χ1n) is 7.34. The normalized spacial score (nSPS) is 12.1. The first-order chi connectivity index (χ1) is 11.4. The van der Waals surface area contributed by atoms with E-state index in [1.54, 1.807) is 37.4 Å². The molecular formula is C18H17FN2O3. The third-order valence-electron chi connectivity index (χ3n) is 3.82. The van der Waals surface area contributed by atoms with Gasteiger partial charge in [-0.15, -0.1) is 0 Å². The number of amides is 1. The standard InChI is InChI=1S/C18H17FN2O3/c1-13(14-7-10-16(19)11-8-14)20(2)18(22)12-9-15-5-3-4-6-17(15)21(23)24/h3-13H,1-2H3/b12-9+. The Hall–Kier alpha value is -3.02. The summed E-state index contributed by atoms with van der Waals surface area (Å²) in [6.07, 6.45) is 2.72. The highest BCUT2D eigenvalue weighted by atomic mass is 19.1. The van der Waals surface area contributed by atoms with E-state index in [1.807, 2.05) is 6.92 Å². The summed E-state index contributed by atoms with van der Waals surface area (Å²) in [5.74, 6) is -0.638. The number of hydrogen-bond donors (Lipinski definition) is 0. The zero-order valence-electron chi connectivity index (χ0n) is 13.3. The Kier molecular flexibility index (Phi) is 5.42. The predicted molar refractivity (Wildman–Crippen MR) is 89.7 cm³/mol. The maximum absolute atomic E-state index is 13.0. The van der Waals surface area contributed by atoms with Crippen LogP contribution in [0.3, 0.4) is 0 Å². The maximum Gasteiger partial charge on any atom is 0.276 e. The zero-order valence-corrected chi connectivity index (χ0v) is 13.3. The molecule has 0 saturated carbocycles. The zero-order chi connectivity index (χ0) is 17.7. The largest absolute Gasteiger partial charge is 0.335 e. The molecule has 0 aliphatic carbocycles. The highest BCUT2D eigenvalue weighted by Gasteiger charge is 2.16. The number of rotatable bonds is 5. The molecule has 2 aromatic carbocycles. The second-order valence-electron chi connectivity index (χ2n) is 5.33. The van der Waals surface area contributed by atoms with Crippen molar-refractivity contribution in [3.8, 4) is 0 Å². The van der Waals surface area contributed by atoms with E-state index in [0.717, 1.165) is 5.56 Å². The highest BCUT2D eigenvalue weighted by Crippen LogP contribution is 2.21. The molecule has 0 bridgehead atoms. The van der Waals surface area contributed by atoms with Gasteiger partial charge in [-0.05, 0) is 36.8 Å². The number of para-hydroxylation sites is 1. The Balaban J connectivity index is 2.14. The van der Waals surface area contributed by atoms with Crippen LogP contribution in [-0.4, -0.2) is 22.8 Å². The van der Waals surface area contributed by atoms with Crippen LogP contribution in [0.15, 0.2) is 54.6 Å². The van der Waals surface area contributed by atoms with E-state index in [4.69, 9.17) is 0 Å². The molecular weight excluding hydrogens is 311 g/mol. The molecule has 1 unspecified atom stereocenters. The number of hydrogen-bond acceptors (Lipinski definition) is 3. The molecule has 0 aromatic heterocycles. The van der Waals surface area contributed by atoms with Crippen LogP contribution in [0, 0.1) is 15.9 Å². The van der Waals surface area contributed by atoms with Gasteiger partial charge >= 0.3 is 0 Å². The topological polar surface area (TPSA) is 63.5 Å². The maximum atomic E-state index is 13.0. The van der Waals surface area contributed by atoms with Crippen LogP contribution < -0.4 is 0 Å². The molecule has 0 aliphatic rings. The summed E-state index contributed by atoms with van der Waals surface area (Å²) in [5, 5.41) is 11.0. The van der Waals surface area contributed by atoms with Crippen LogP contribution >= 0.6 is 0 Å². The van der Waals surface area contributed by atoms with Gasteiger partial charge in [0.25, 0.3) is 5.69 Å². The summed E-state index contributed by atoms with van der Waals surface area (Å²) < 4.78 is 13.0. The fourth-order valence-electron chi connectivity index (χ4n) is 2.23. The Morgan fingerprint density at radius 1 is 1.21 bits per heavy atom. The lowest BCUT2D eigenvalue weighted by Gasteiger charge is -2.24. The Morgan fingerprint density at radius 2 is 1.83 bits per heavy atom. The minimum atomic E-state index is -0.491. The lowest BCUT2D eigenvalue weighted by atomic mass is 10.1. The minimum Gasteiger partial charge on any atom is -0.335 e. The fraction of sp³-hybridized carbons (Fsp3) is 0.167. The second kappa shape index (κ2) is 7.50. The first-order valence-corrected chi connectivity index (χ1v) is 7.34. The van der Waals surface area contributed by atoms with E-state index < -0.39 is 4.92 Å². The van der Waals surface area contributed by atoms with E-state index in [1.165, 1.54) is 35.3 Å². The highest BCUT2D eigenvalue weighted by molar-refractivity contribution is 5.92. The van der Waals surface area contributed by atoms with Crippen molar-refractivity contribution in [3.05, 3.63) is 81.7 Å².